The maximum atomic E-state index is 12.2. The average molecular weight is 415 g/mol. The molecule has 1 saturated heterocycles. The van der Waals surface area contributed by atoms with Gasteiger partial charge in [-0.3, -0.25) is 9.79 Å². The van der Waals surface area contributed by atoms with Crippen molar-refractivity contribution in [2.45, 2.75) is 32.0 Å². The molecule has 2 aromatic carbocycles. The first kappa shape index (κ1) is 21.1. The molecule has 1 aliphatic heterocycles. The fourth-order valence-corrected chi connectivity index (χ4v) is 3.48. The molecule has 1 fully saturated rings. The Labute approximate surface area is 176 Å². The minimum atomic E-state index is -0.339. The molecule has 0 aliphatic carbocycles. The van der Waals surface area contributed by atoms with Gasteiger partial charge in [0.1, 0.15) is 6.10 Å². The lowest BCUT2D eigenvalue weighted by molar-refractivity contribution is -0.124. The summed E-state index contributed by atoms with van der Waals surface area (Å²) in [6.45, 7) is 1.89. The van der Waals surface area contributed by atoms with Crippen molar-refractivity contribution < 1.29 is 9.53 Å². The zero-order valence-electron chi connectivity index (χ0n) is 16.8. The quantitative estimate of drug-likeness (QED) is 0.559. The monoisotopic (exact) mass is 414 g/mol. The van der Waals surface area contributed by atoms with Crippen LogP contribution in [0, 0.1) is 0 Å². The first-order valence-electron chi connectivity index (χ1n) is 9.73. The van der Waals surface area contributed by atoms with E-state index in [-0.39, 0.29) is 12.0 Å². The van der Waals surface area contributed by atoms with E-state index >= 15 is 0 Å². The van der Waals surface area contributed by atoms with Crippen molar-refractivity contribution in [3.8, 4) is 0 Å². The van der Waals surface area contributed by atoms with E-state index in [0.717, 1.165) is 40.6 Å². The van der Waals surface area contributed by atoms with Crippen molar-refractivity contribution >= 4 is 29.2 Å². The van der Waals surface area contributed by atoms with Gasteiger partial charge in [0.2, 0.25) is 0 Å². The van der Waals surface area contributed by atoms with Gasteiger partial charge in [-0.2, -0.15) is 0 Å². The Balaban J connectivity index is 1.56. The van der Waals surface area contributed by atoms with E-state index < -0.39 is 0 Å². The summed E-state index contributed by atoms with van der Waals surface area (Å²) >= 11 is 6.26. The van der Waals surface area contributed by atoms with Gasteiger partial charge in [-0.05, 0) is 42.2 Å². The van der Waals surface area contributed by atoms with Crippen LogP contribution < -0.4 is 10.6 Å². The van der Waals surface area contributed by atoms with Crippen LogP contribution in [0.1, 0.15) is 24.0 Å². The number of carbonyl (C=O) groups is 1. The highest BCUT2D eigenvalue weighted by molar-refractivity contribution is 6.31. The van der Waals surface area contributed by atoms with Crippen molar-refractivity contribution in [1.82, 2.24) is 10.2 Å². The van der Waals surface area contributed by atoms with Crippen molar-refractivity contribution in [1.29, 1.82) is 0 Å². The second kappa shape index (κ2) is 10.3. The number of hydrogen-bond donors (Lipinski definition) is 2. The van der Waals surface area contributed by atoms with E-state index in [0.29, 0.717) is 19.7 Å². The molecule has 2 aromatic rings. The van der Waals surface area contributed by atoms with Crippen molar-refractivity contribution in [3.05, 3.63) is 64.7 Å². The van der Waals surface area contributed by atoms with E-state index in [1.807, 2.05) is 60.5 Å². The summed E-state index contributed by atoms with van der Waals surface area (Å²) in [6.07, 6.45) is 1.37. The number of aliphatic imine (C=N–C) groups is 1. The largest absolute Gasteiger partial charge is 0.368 e. The highest BCUT2D eigenvalue weighted by Crippen LogP contribution is 2.18. The second-order valence-electron chi connectivity index (χ2n) is 7.04. The minimum absolute atomic E-state index is 0.0807. The fourth-order valence-electron chi connectivity index (χ4n) is 3.29. The number of nitrogens with one attached hydrogen (secondary N) is 2. The maximum Gasteiger partial charge on any atom is 0.253 e. The van der Waals surface area contributed by atoms with Gasteiger partial charge in [0.25, 0.3) is 5.91 Å². The summed E-state index contributed by atoms with van der Waals surface area (Å²) in [6, 6.07) is 15.6. The van der Waals surface area contributed by atoms with E-state index in [2.05, 4.69) is 15.6 Å². The zero-order chi connectivity index (χ0) is 20.6. The number of benzene rings is 2. The Kier molecular flexibility index (Phi) is 7.49. The number of anilines is 1. The molecule has 29 heavy (non-hydrogen) atoms. The number of carbonyl (C=O) groups excluding carboxylic acids is 1. The fraction of sp³-hybridized carbons (Fsp3) is 0.364. The third-order valence-corrected chi connectivity index (χ3v) is 5.17. The smallest absolute Gasteiger partial charge is 0.253 e. The van der Waals surface area contributed by atoms with Crippen LogP contribution in [0.15, 0.2) is 53.5 Å². The molecule has 3 rings (SSSR count). The second-order valence-corrected chi connectivity index (χ2v) is 7.45. The van der Waals surface area contributed by atoms with Gasteiger partial charge in [-0.1, -0.05) is 41.9 Å². The van der Waals surface area contributed by atoms with Gasteiger partial charge in [0.15, 0.2) is 5.96 Å². The van der Waals surface area contributed by atoms with E-state index in [9.17, 15) is 4.79 Å². The Hall–Kier alpha value is -2.57. The summed E-state index contributed by atoms with van der Waals surface area (Å²) in [7, 11) is 3.72. The number of nitrogens with zero attached hydrogens (tertiary/aromatic N) is 2. The van der Waals surface area contributed by atoms with Gasteiger partial charge < -0.3 is 20.3 Å². The third-order valence-electron chi connectivity index (χ3n) is 4.81. The summed E-state index contributed by atoms with van der Waals surface area (Å²) < 4.78 is 5.44. The van der Waals surface area contributed by atoms with Crippen LogP contribution in [0.4, 0.5) is 5.69 Å². The standard InChI is InChI=1S/C22H27ClN4O2/c1-24-22(27(2)15-17-8-3-4-10-19(17)23)25-14-16-7-5-9-18(13-16)26-21(28)20-11-6-12-29-20/h3-5,7-10,13,20H,6,11-12,14-15H2,1-2H3,(H,24,25)(H,26,28). The Morgan fingerprint density at radius 3 is 2.83 bits per heavy atom. The summed E-state index contributed by atoms with van der Waals surface area (Å²) in [5.74, 6) is 0.682. The topological polar surface area (TPSA) is 66.0 Å². The maximum absolute atomic E-state index is 12.2. The predicted octanol–water partition coefficient (Wildman–Crippen LogP) is 3.66. The Morgan fingerprint density at radius 1 is 1.28 bits per heavy atom. The summed E-state index contributed by atoms with van der Waals surface area (Å²) in [4.78, 5) is 18.6. The molecular weight excluding hydrogens is 388 g/mol. The van der Waals surface area contributed by atoms with Gasteiger partial charge >= 0.3 is 0 Å². The lowest BCUT2D eigenvalue weighted by Crippen LogP contribution is -2.38. The number of hydrogen-bond acceptors (Lipinski definition) is 3. The van der Waals surface area contributed by atoms with Crippen LogP contribution in [0.5, 0.6) is 0 Å². The number of ether oxygens (including phenoxy) is 1. The van der Waals surface area contributed by atoms with E-state index in [1.54, 1.807) is 7.05 Å². The molecule has 1 aliphatic rings. The molecular formula is C22H27ClN4O2. The van der Waals surface area contributed by atoms with Gasteiger partial charge in [0.05, 0.1) is 0 Å². The lowest BCUT2D eigenvalue weighted by Gasteiger charge is -2.23. The molecule has 0 spiro atoms. The molecule has 0 bridgehead atoms. The zero-order valence-corrected chi connectivity index (χ0v) is 17.6. The van der Waals surface area contributed by atoms with E-state index in [1.165, 1.54) is 0 Å². The van der Waals surface area contributed by atoms with Crippen LogP contribution in [0.25, 0.3) is 0 Å². The number of amides is 1. The average Bonchev–Trinajstić information content (AvgIpc) is 3.26. The molecule has 1 amide bonds. The van der Waals surface area contributed by atoms with Gasteiger partial charge in [-0.15, -0.1) is 0 Å². The van der Waals surface area contributed by atoms with Crippen LogP contribution in [-0.4, -0.2) is 43.6 Å². The molecule has 2 N–H and O–H groups in total. The normalized spacial score (nSPS) is 16.5. The summed E-state index contributed by atoms with van der Waals surface area (Å²) in [5, 5.41) is 7.04. The van der Waals surface area contributed by atoms with Crippen LogP contribution in [0.3, 0.4) is 0 Å². The predicted molar refractivity (Wildman–Crippen MR) is 117 cm³/mol. The van der Waals surface area contributed by atoms with Gasteiger partial charge in [-0.25, -0.2) is 0 Å². The Morgan fingerprint density at radius 2 is 2.10 bits per heavy atom. The number of rotatable bonds is 6. The van der Waals surface area contributed by atoms with Crippen LogP contribution >= 0.6 is 11.6 Å². The van der Waals surface area contributed by atoms with Crippen LogP contribution in [0.2, 0.25) is 5.02 Å². The lowest BCUT2D eigenvalue weighted by atomic mass is 10.2. The van der Waals surface area contributed by atoms with Gasteiger partial charge in [0, 0.05) is 44.5 Å². The highest BCUT2D eigenvalue weighted by atomic mass is 35.5. The summed E-state index contributed by atoms with van der Waals surface area (Å²) in [5.41, 5.74) is 2.85. The molecule has 0 aromatic heterocycles. The Bertz CT molecular complexity index is 865. The molecule has 1 atom stereocenters. The van der Waals surface area contributed by atoms with Crippen molar-refractivity contribution in [3.63, 3.8) is 0 Å². The molecule has 6 nitrogen and oxygen atoms in total. The molecule has 0 saturated carbocycles. The van der Waals surface area contributed by atoms with Crippen molar-refractivity contribution in [2.24, 2.45) is 4.99 Å². The molecule has 154 valence electrons. The highest BCUT2D eigenvalue weighted by Gasteiger charge is 2.23. The van der Waals surface area contributed by atoms with Crippen molar-refractivity contribution in [2.75, 3.05) is 26.0 Å². The SMILES string of the molecule is CN=C(NCc1cccc(NC(=O)C2CCCO2)c1)N(C)Cc1ccccc1Cl. The number of halogens is 1. The van der Waals surface area contributed by atoms with E-state index in [4.69, 9.17) is 16.3 Å². The number of guanidine groups is 1. The third kappa shape index (κ3) is 5.95. The minimum Gasteiger partial charge on any atom is -0.368 e. The molecule has 0 radical (unpaired) electrons. The molecule has 7 heteroatoms. The first-order valence-corrected chi connectivity index (χ1v) is 10.1. The molecule has 1 heterocycles. The first-order chi connectivity index (χ1) is 14.1. The molecule has 1 unspecified atom stereocenters. The van der Waals surface area contributed by atoms with Crippen LogP contribution in [-0.2, 0) is 22.6 Å².